The molecule has 2 aliphatic rings. The summed E-state index contributed by atoms with van der Waals surface area (Å²) < 4.78 is 0. The van der Waals surface area contributed by atoms with Crippen LogP contribution in [0.3, 0.4) is 0 Å². The fraction of sp³-hybridized carbons (Fsp3) is 0.600. The number of aliphatic hydroxyl groups excluding tert-OH is 1. The molecule has 1 nitrogen and oxygen atoms in total. The van der Waals surface area contributed by atoms with Crippen LogP contribution in [0.5, 0.6) is 0 Å². The molecule has 0 amide bonds. The average Bonchev–Trinajstić information content (AvgIpc) is 2.60. The minimum Gasteiger partial charge on any atom is -0.392 e. The van der Waals surface area contributed by atoms with Gasteiger partial charge in [-0.1, -0.05) is 17.7 Å². The zero-order valence-electron chi connectivity index (χ0n) is 6.88. The number of hydrogen-bond acceptors (Lipinski definition) is 1. The molecular weight excluding hydrogens is 136 g/mol. The van der Waals surface area contributed by atoms with Crippen molar-refractivity contribution in [3.05, 3.63) is 23.3 Å². The Balaban J connectivity index is 2.22. The van der Waals surface area contributed by atoms with Gasteiger partial charge in [0.15, 0.2) is 0 Å². The molecule has 1 N–H and O–H groups in total. The lowest BCUT2D eigenvalue weighted by molar-refractivity contribution is 0.317. The summed E-state index contributed by atoms with van der Waals surface area (Å²) in [5, 5.41) is 8.96. The van der Waals surface area contributed by atoms with Crippen LogP contribution in [-0.4, -0.2) is 11.7 Å². The lowest BCUT2D eigenvalue weighted by Crippen LogP contribution is -2.02. The molecule has 1 heteroatoms. The summed E-state index contributed by atoms with van der Waals surface area (Å²) in [6.07, 6.45) is 6.95. The molecule has 60 valence electrons. The van der Waals surface area contributed by atoms with E-state index in [-0.39, 0.29) is 6.61 Å². The van der Waals surface area contributed by atoms with Gasteiger partial charge in [0.25, 0.3) is 0 Å². The third-order valence-corrected chi connectivity index (χ3v) is 2.99. The highest BCUT2D eigenvalue weighted by Gasteiger charge is 2.35. The molecule has 2 unspecified atom stereocenters. The Kier molecular flexibility index (Phi) is 1.61. The molecule has 1 fully saturated rings. The van der Waals surface area contributed by atoms with Gasteiger partial charge in [0.1, 0.15) is 0 Å². The Morgan fingerprint density at radius 1 is 1.73 bits per heavy atom. The normalized spacial score (nSPS) is 38.4. The van der Waals surface area contributed by atoms with E-state index in [1.807, 2.05) is 0 Å². The smallest absolute Gasteiger partial charge is 0.0644 e. The molecule has 11 heavy (non-hydrogen) atoms. The van der Waals surface area contributed by atoms with Crippen LogP contribution >= 0.6 is 0 Å². The molecule has 0 aromatic heterocycles. The SMILES string of the molecule is C/C=C1/CC2CC1C=C2CO. The number of rotatable bonds is 1. The zero-order valence-corrected chi connectivity index (χ0v) is 6.88. The van der Waals surface area contributed by atoms with Crippen molar-refractivity contribution in [1.29, 1.82) is 0 Å². The van der Waals surface area contributed by atoms with Gasteiger partial charge in [0.2, 0.25) is 0 Å². The van der Waals surface area contributed by atoms with E-state index in [0.717, 1.165) is 0 Å². The fourth-order valence-electron chi connectivity index (χ4n) is 2.34. The number of fused-ring (bicyclic) bond motifs is 2. The van der Waals surface area contributed by atoms with Crippen LogP contribution in [0.25, 0.3) is 0 Å². The summed E-state index contributed by atoms with van der Waals surface area (Å²) in [6.45, 7) is 2.39. The van der Waals surface area contributed by atoms with E-state index < -0.39 is 0 Å². The molecule has 2 atom stereocenters. The first-order valence-corrected chi connectivity index (χ1v) is 4.31. The van der Waals surface area contributed by atoms with Crippen LogP contribution in [0.15, 0.2) is 23.3 Å². The van der Waals surface area contributed by atoms with E-state index in [2.05, 4.69) is 19.1 Å². The Labute approximate surface area is 67.4 Å². The molecule has 0 heterocycles. The zero-order chi connectivity index (χ0) is 7.84. The minimum atomic E-state index is 0.276. The molecule has 0 spiro atoms. The highest BCUT2D eigenvalue weighted by Crippen LogP contribution is 2.46. The van der Waals surface area contributed by atoms with Gasteiger partial charge in [-0.3, -0.25) is 0 Å². The van der Waals surface area contributed by atoms with E-state index in [1.165, 1.54) is 18.4 Å². The minimum absolute atomic E-state index is 0.276. The summed E-state index contributed by atoms with van der Waals surface area (Å²) >= 11 is 0. The number of hydrogen-bond donors (Lipinski definition) is 1. The standard InChI is InChI=1S/C10H14O/c1-2-7-3-9-4-8(7)5-10(9)6-11/h2,5,8-9,11H,3-4,6H2,1H3/b7-2-. The van der Waals surface area contributed by atoms with Crippen LogP contribution in [0.4, 0.5) is 0 Å². The van der Waals surface area contributed by atoms with Crippen molar-refractivity contribution in [2.24, 2.45) is 11.8 Å². The summed E-state index contributed by atoms with van der Waals surface area (Å²) in [5.74, 6) is 1.35. The van der Waals surface area contributed by atoms with E-state index >= 15 is 0 Å². The van der Waals surface area contributed by atoms with Crippen LogP contribution in [0.1, 0.15) is 19.8 Å². The largest absolute Gasteiger partial charge is 0.392 e. The fourth-order valence-corrected chi connectivity index (χ4v) is 2.34. The van der Waals surface area contributed by atoms with Crippen molar-refractivity contribution in [3.8, 4) is 0 Å². The lowest BCUT2D eigenvalue weighted by atomic mass is 9.95. The molecule has 2 aliphatic carbocycles. The van der Waals surface area contributed by atoms with E-state index in [1.54, 1.807) is 5.57 Å². The van der Waals surface area contributed by atoms with Gasteiger partial charge in [-0.25, -0.2) is 0 Å². The Morgan fingerprint density at radius 2 is 2.55 bits per heavy atom. The van der Waals surface area contributed by atoms with Crippen molar-refractivity contribution in [2.45, 2.75) is 19.8 Å². The van der Waals surface area contributed by atoms with Crippen LogP contribution in [0.2, 0.25) is 0 Å². The van der Waals surface area contributed by atoms with Gasteiger partial charge in [0, 0.05) is 0 Å². The number of aliphatic hydroxyl groups is 1. The summed E-state index contributed by atoms with van der Waals surface area (Å²) in [5.41, 5.74) is 2.85. The van der Waals surface area contributed by atoms with Crippen molar-refractivity contribution in [2.75, 3.05) is 6.61 Å². The third-order valence-electron chi connectivity index (χ3n) is 2.99. The van der Waals surface area contributed by atoms with Crippen molar-refractivity contribution >= 4 is 0 Å². The van der Waals surface area contributed by atoms with Gasteiger partial charge in [0.05, 0.1) is 6.61 Å². The maximum absolute atomic E-state index is 8.96. The van der Waals surface area contributed by atoms with Gasteiger partial charge >= 0.3 is 0 Å². The molecule has 0 radical (unpaired) electrons. The van der Waals surface area contributed by atoms with E-state index in [9.17, 15) is 0 Å². The lowest BCUT2D eigenvalue weighted by Gasteiger charge is -2.12. The van der Waals surface area contributed by atoms with Gasteiger partial charge < -0.3 is 5.11 Å². The van der Waals surface area contributed by atoms with Crippen LogP contribution < -0.4 is 0 Å². The molecular formula is C10H14O. The first kappa shape index (κ1) is 7.11. The van der Waals surface area contributed by atoms with Crippen LogP contribution in [-0.2, 0) is 0 Å². The monoisotopic (exact) mass is 150 g/mol. The van der Waals surface area contributed by atoms with Crippen molar-refractivity contribution in [1.82, 2.24) is 0 Å². The predicted molar refractivity (Wildman–Crippen MR) is 45.1 cm³/mol. The molecule has 0 saturated heterocycles. The molecule has 0 aromatic rings. The molecule has 0 aromatic carbocycles. The first-order chi connectivity index (χ1) is 5.35. The van der Waals surface area contributed by atoms with Gasteiger partial charge in [-0.15, -0.1) is 0 Å². The topological polar surface area (TPSA) is 20.2 Å². The molecule has 2 bridgehead atoms. The van der Waals surface area contributed by atoms with Gasteiger partial charge in [-0.2, -0.15) is 0 Å². The second-order valence-electron chi connectivity index (χ2n) is 3.51. The second-order valence-corrected chi connectivity index (χ2v) is 3.51. The molecule has 1 saturated carbocycles. The Bertz CT molecular complexity index is 225. The Hall–Kier alpha value is -0.560. The molecule has 0 aliphatic heterocycles. The average molecular weight is 150 g/mol. The molecule has 2 rings (SSSR count). The van der Waals surface area contributed by atoms with E-state index in [4.69, 9.17) is 5.11 Å². The number of allylic oxidation sites excluding steroid dienone is 3. The predicted octanol–water partition coefficient (Wildman–Crippen LogP) is 1.89. The van der Waals surface area contributed by atoms with Crippen molar-refractivity contribution < 1.29 is 5.11 Å². The maximum atomic E-state index is 8.96. The summed E-state index contributed by atoms with van der Waals surface area (Å²) in [6, 6.07) is 0. The first-order valence-electron chi connectivity index (χ1n) is 4.31. The Morgan fingerprint density at radius 3 is 3.00 bits per heavy atom. The highest BCUT2D eigenvalue weighted by molar-refractivity contribution is 5.32. The summed E-state index contributed by atoms with van der Waals surface area (Å²) in [7, 11) is 0. The van der Waals surface area contributed by atoms with Crippen LogP contribution in [0, 0.1) is 11.8 Å². The quantitative estimate of drug-likeness (QED) is 0.566. The van der Waals surface area contributed by atoms with Crippen molar-refractivity contribution in [3.63, 3.8) is 0 Å². The third kappa shape index (κ3) is 0.951. The van der Waals surface area contributed by atoms with E-state index in [0.29, 0.717) is 11.8 Å². The second kappa shape index (κ2) is 2.49. The summed E-state index contributed by atoms with van der Waals surface area (Å²) in [4.78, 5) is 0. The highest BCUT2D eigenvalue weighted by atomic mass is 16.3. The maximum Gasteiger partial charge on any atom is 0.0644 e. The van der Waals surface area contributed by atoms with Gasteiger partial charge in [-0.05, 0) is 37.2 Å².